The van der Waals surface area contributed by atoms with Crippen molar-refractivity contribution in [2.45, 2.75) is 202 Å². The predicted octanol–water partition coefficient (Wildman–Crippen LogP) is -1.78. The second-order valence-corrected chi connectivity index (χ2v) is 21.5. The number of hydrogen-bond donors (Lipinski definition) is 12. The van der Waals surface area contributed by atoms with Gasteiger partial charge < -0.3 is 94.4 Å². The molecule has 0 radical (unpaired) electrons. The van der Waals surface area contributed by atoms with Crippen molar-refractivity contribution < 1.29 is 94.4 Å². The molecule has 0 spiro atoms. The molecule has 0 amide bonds. The molecule has 19 heteroatoms. The molecule has 8 aliphatic rings. The molecule has 12 N–H and O–H groups in total. The van der Waals surface area contributed by atoms with E-state index in [-0.39, 0.29) is 47.4 Å². The van der Waals surface area contributed by atoms with Crippen LogP contribution >= 0.6 is 0 Å². The van der Waals surface area contributed by atoms with E-state index in [0.29, 0.717) is 42.9 Å². The maximum atomic E-state index is 12.1. The molecule has 4 saturated carbocycles. The minimum absolute atomic E-state index is 0.00000712. The fourth-order valence-electron chi connectivity index (χ4n) is 14.2. The van der Waals surface area contributed by atoms with Gasteiger partial charge in [0.15, 0.2) is 24.7 Å². The van der Waals surface area contributed by atoms with Crippen LogP contribution in [-0.4, -0.2) is 198 Å². The van der Waals surface area contributed by atoms with E-state index in [4.69, 9.17) is 33.2 Å². The molecule has 0 aromatic heterocycles. The van der Waals surface area contributed by atoms with E-state index in [1.165, 1.54) is 0 Å². The molecule has 64 heavy (non-hydrogen) atoms. The molecule has 0 bridgehead atoms. The Kier molecular flexibility index (Phi) is 14.9. The number of fused-ring (bicyclic) bond motifs is 7. The highest BCUT2D eigenvalue weighted by Crippen LogP contribution is 2.71. The summed E-state index contributed by atoms with van der Waals surface area (Å²) in [6, 6.07) is 0. The smallest absolute Gasteiger partial charge is 0.187 e. The van der Waals surface area contributed by atoms with Gasteiger partial charge in [-0.1, -0.05) is 27.7 Å². The third kappa shape index (κ3) is 8.65. The van der Waals surface area contributed by atoms with Crippen LogP contribution < -0.4 is 0 Å². The monoisotopic (exact) mass is 920 g/mol. The molecule has 4 saturated heterocycles. The van der Waals surface area contributed by atoms with Crippen molar-refractivity contribution in [2.75, 3.05) is 26.4 Å². The molecule has 4 aliphatic heterocycles. The lowest BCUT2D eigenvalue weighted by Gasteiger charge is -2.61. The molecule has 4 heterocycles. The Morgan fingerprint density at radius 2 is 1.20 bits per heavy atom. The van der Waals surface area contributed by atoms with Crippen molar-refractivity contribution in [3.05, 3.63) is 0 Å². The summed E-state index contributed by atoms with van der Waals surface area (Å²) in [5.41, 5.74) is 0.0475. The Balaban J connectivity index is 0.869. The molecule has 8 rings (SSSR count). The maximum Gasteiger partial charge on any atom is 0.187 e. The van der Waals surface area contributed by atoms with Gasteiger partial charge in [-0.05, 0) is 104 Å². The summed E-state index contributed by atoms with van der Waals surface area (Å²) in [6.07, 6.45) is -13.7. The topological polar surface area (TPSA) is 307 Å². The highest BCUT2D eigenvalue weighted by molar-refractivity contribution is 5.15. The van der Waals surface area contributed by atoms with E-state index in [1.807, 2.05) is 6.92 Å². The SMILES string of the molecule is CC(CC[C@@]1(O)OC2CC3C4CCC5CC(O[C@H]6O[C@H](CO)[C@H](O)[C@H](O)[C@H]6O[C@@H]6O[C@H](CO)[C@@H](O)[C@H](O)[C@H]6O)CCC5(C)C4CCC3(C)C2C1C)CO[C@@H]1O[C@H](CO)[C@@H](O)[C@H](O)[C@H]1O. The average Bonchev–Trinajstić information content (AvgIpc) is 3.71. The lowest BCUT2D eigenvalue weighted by Crippen LogP contribution is -2.65. The second-order valence-electron chi connectivity index (χ2n) is 21.5. The van der Waals surface area contributed by atoms with Crippen LogP contribution in [0.4, 0.5) is 0 Å². The van der Waals surface area contributed by atoms with Gasteiger partial charge in [0.05, 0.1) is 38.6 Å². The summed E-state index contributed by atoms with van der Waals surface area (Å²) in [4.78, 5) is 0. The van der Waals surface area contributed by atoms with Crippen LogP contribution in [0.3, 0.4) is 0 Å². The molecule has 27 atom stereocenters. The van der Waals surface area contributed by atoms with Crippen LogP contribution in [0.1, 0.15) is 91.9 Å². The first kappa shape index (κ1) is 49.7. The largest absolute Gasteiger partial charge is 0.394 e. The van der Waals surface area contributed by atoms with Crippen molar-refractivity contribution in [1.29, 1.82) is 0 Å². The minimum Gasteiger partial charge on any atom is -0.394 e. The molecule has 0 aromatic carbocycles. The van der Waals surface area contributed by atoms with Gasteiger partial charge in [0.1, 0.15) is 73.2 Å². The van der Waals surface area contributed by atoms with Crippen molar-refractivity contribution in [3.63, 3.8) is 0 Å². The normalized spacial score (nSPS) is 55.6. The molecule has 8 fully saturated rings. The summed E-state index contributed by atoms with van der Waals surface area (Å²) < 4.78 is 42.0. The van der Waals surface area contributed by atoms with E-state index in [0.717, 1.165) is 44.9 Å². The number of rotatable bonds is 13. The van der Waals surface area contributed by atoms with Crippen LogP contribution in [0.25, 0.3) is 0 Å². The summed E-state index contributed by atoms with van der Waals surface area (Å²) >= 11 is 0. The quantitative estimate of drug-likeness (QED) is 0.0909. The van der Waals surface area contributed by atoms with E-state index in [9.17, 15) is 61.3 Å². The molecule has 0 aromatic rings. The third-order valence-electron chi connectivity index (χ3n) is 18.0. The standard InChI is InChI=1S/C45H76O19/c1-19(18-58-40-37(55)34(52)31(49)27(15-46)60-40)7-12-45(57)20(2)30-26(64-45)14-25-23-6-5-21-13-22(8-10-43(21,3)24(23)9-11-44(25,30)4)59-42-39(36(54)33(51)29(17-48)62-42)63-41-38(56)35(53)32(50)28(16-47)61-41/h19-42,46-57H,5-18H2,1-4H3/t19?,20?,21?,22?,23?,24?,25?,26?,27-,28-,29-,30?,31-,32-,33+,34+,35+,36+,37-,38-,39-,40-,41+,42+,43?,44?,45-/m1/s1. The van der Waals surface area contributed by atoms with Gasteiger partial charge in [0.25, 0.3) is 0 Å². The van der Waals surface area contributed by atoms with Crippen LogP contribution in [0.2, 0.25) is 0 Å². The van der Waals surface area contributed by atoms with Crippen molar-refractivity contribution >= 4 is 0 Å². The van der Waals surface area contributed by atoms with Gasteiger partial charge >= 0.3 is 0 Å². The third-order valence-corrected chi connectivity index (χ3v) is 18.0. The zero-order valence-electron chi connectivity index (χ0n) is 37.5. The van der Waals surface area contributed by atoms with E-state index >= 15 is 0 Å². The van der Waals surface area contributed by atoms with Crippen LogP contribution in [0.15, 0.2) is 0 Å². The van der Waals surface area contributed by atoms with Gasteiger partial charge in [0, 0.05) is 12.3 Å². The first-order valence-corrected chi connectivity index (χ1v) is 23.9. The Hall–Kier alpha value is -0.760. The fraction of sp³-hybridized carbons (Fsp3) is 1.00. The number of hydrogen-bond acceptors (Lipinski definition) is 19. The van der Waals surface area contributed by atoms with Gasteiger partial charge in [0.2, 0.25) is 0 Å². The summed E-state index contributed by atoms with van der Waals surface area (Å²) in [5.74, 6) is 0.532. The molecular weight excluding hydrogens is 844 g/mol. The number of ether oxygens (including phenoxy) is 7. The predicted molar refractivity (Wildman–Crippen MR) is 219 cm³/mol. The Bertz CT molecular complexity index is 1560. The highest BCUT2D eigenvalue weighted by atomic mass is 16.8. The highest BCUT2D eigenvalue weighted by Gasteiger charge is 2.68. The molecule has 4 aliphatic carbocycles. The lowest BCUT2D eigenvalue weighted by atomic mass is 9.44. The molecular formula is C45H76O19. The number of aliphatic hydroxyl groups is 12. The molecule has 370 valence electrons. The maximum absolute atomic E-state index is 12.1. The molecule has 19 nitrogen and oxygen atoms in total. The molecule has 11 unspecified atom stereocenters. The van der Waals surface area contributed by atoms with E-state index in [1.54, 1.807) is 0 Å². The van der Waals surface area contributed by atoms with Gasteiger partial charge in [-0.2, -0.15) is 0 Å². The minimum atomic E-state index is -1.75. The van der Waals surface area contributed by atoms with Gasteiger partial charge in [-0.3, -0.25) is 0 Å². The average molecular weight is 921 g/mol. The first-order valence-electron chi connectivity index (χ1n) is 23.9. The fourth-order valence-corrected chi connectivity index (χ4v) is 14.2. The summed E-state index contributed by atoms with van der Waals surface area (Å²) in [7, 11) is 0. The zero-order chi connectivity index (χ0) is 46.2. The van der Waals surface area contributed by atoms with Crippen LogP contribution in [-0.2, 0) is 33.2 Å². The van der Waals surface area contributed by atoms with Gasteiger partial charge in [-0.25, -0.2) is 0 Å². The van der Waals surface area contributed by atoms with Crippen molar-refractivity contribution in [2.24, 2.45) is 52.3 Å². The van der Waals surface area contributed by atoms with E-state index in [2.05, 4.69) is 20.8 Å². The van der Waals surface area contributed by atoms with Crippen LogP contribution in [0, 0.1) is 52.3 Å². The second kappa shape index (κ2) is 19.2. The van der Waals surface area contributed by atoms with Gasteiger partial charge in [-0.15, -0.1) is 0 Å². The number of aliphatic hydroxyl groups excluding tert-OH is 11. The van der Waals surface area contributed by atoms with Crippen LogP contribution in [0.5, 0.6) is 0 Å². The lowest BCUT2D eigenvalue weighted by molar-refractivity contribution is -0.373. The van der Waals surface area contributed by atoms with E-state index < -0.39 is 118 Å². The van der Waals surface area contributed by atoms with Crippen molar-refractivity contribution in [1.82, 2.24) is 0 Å². The Morgan fingerprint density at radius 1 is 0.625 bits per heavy atom. The Labute approximate surface area is 374 Å². The summed E-state index contributed by atoms with van der Waals surface area (Å²) in [5, 5.41) is 125. The Morgan fingerprint density at radius 3 is 1.84 bits per heavy atom. The summed E-state index contributed by atoms with van der Waals surface area (Å²) in [6.45, 7) is 7.28. The van der Waals surface area contributed by atoms with Crippen molar-refractivity contribution in [3.8, 4) is 0 Å². The first-order chi connectivity index (χ1) is 30.3. The zero-order valence-corrected chi connectivity index (χ0v) is 37.5.